The molecule has 2 fully saturated rings. The van der Waals surface area contributed by atoms with Gasteiger partial charge in [0.1, 0.15) is 0 Å². The number of anilines is 1. The minimum atomic E-state index is 0.199. The van der Waals surface area contributed by atoms with Crippen LogP contribution in [0.1, 0.15) is 31.4 Å². The molecule has 5 nitrogen and oxygen atoms in total. The molecule has 130 valence electrons. The van der Waals surface area contributed by atoms with Gasteiger partial charge in [-0.2, -0.15) is 0 Å². The van der Waals surface area contributed by atoms with Crippen molar-refractivity contribution in [3.8, 4) is 0 Å². The Balaban J connectivity index is 1.50. The maximum Gasteiger partial charge on any atom is 0.222 e. The summed E-state index contributed by atoms with van der Waals surface area (Å²) >= 11 is 0. The summed E-state index contributed by atoms with van der Waals surface area (Å²) in [6.07, 6.45) is 9.52. The molecule has 4 rings (SSSR count). The van der Waals surface area contributed by atoms with Crippen LogP contribution < -0.4 is 4.90 Å². The van der Waals surface area contributed by atoms with E-state index >= 15 is 0 Å². The fourth-order valence-corrected chi connectivity index (χ4v) is 4.25. The smallest absolute Gasteiger partial charge is 0.222 e. The highest BCUT2D eigenvalue weighted by atomic mass is 16.2. The van der Waals surface area contributed by atoms with Gasteiger partial charge in [-0.05, 0) is 43.5 Å². The molecule has 2 aromatic rings. The Morgan fingerprint density at radius 3 is 2.72 bits per heavy atom. The zero-order chi connectivity index (χ0) is 17.1. The van der Waals surface area contributed by atoms with E-state index in [4.69, 9.17) is 0 Å². The van der Waals surface area contributed by atoms with Crippen molar-refractivity contribution in [2.24, 2.45) is 5.41 Å². The quantitative estimate of drug-likeness (QED) is 0.865. The number of piperidine rings is 2. The number of rotatable bonds is 3. The number of hydrogen-bond acceptors (Lipinski definition) is 4. The number of likely N-dealkylation sites (tertiary alicyclic amines) is 1. The molecular formula is C20H24N4O. The molecule has 2 saturated heterocycles. The SMILES string of the molecule is O=C1CCC2(CCCN(c3ccncc3)C2)CN1Cc1ccccn1. The van der Waals surface area contributed by atoms with Crippen LogP contribution in [0.25, 0.3) is 0 Å². The molecule has 0 N–H and O–H groups in total. The predicted octanol–water partition coefficient (Wildman–Crippen LogP) is 2.89. The third-order valence-electron chi connectivity index (χ3n) is 5.52. The molecule has 1 atom stereocenters. The van der Waals surface area contributed by atoms with Gasteiger partial charge < -0.3 is 9.80 Å². The van der Waals surface area contributed by atoms with E-state index in [1.54, 1.807) is 6.20 Å². The van der Waals surface area contributed by atoms with Gasteiger partial charge in [0.2, 0.25) is 5.91 Å². The Morgan fingerprint density at radius 2 is 1.92 bits per heavy atom. The predicted molar refractivity (Wildman–Crippen MR) is 97.0 cm³/mol. The topological polar surface area (TPSA) is 49.3 Å². The highest BCUT2D eigenvalue weighted by Gasteiger charge is 2.41. The van der Waals surface area contributed by atoms with E-state index in [2.05, 4.69) is 27.0 Å². The Labute approximate surface area is 148 Å². The van der Waals surface area contributed by atoms with Crippen molar-refractivity contribution in [2.45, 2.75) is 32.2 Å². The van der Waals surface area contributed by atoms with Crippen LogP contribution in [0.2, 0.25) is 0 Å². The minimum absolute atomic E-state index is 0.199. The van der Waals surface area contributed by atoms with Gasteiger partial charge in [-0.3, -0.25) is 14.8 Å². The number of pyridine rings is 2. The zero-order valence-electron chi connectivity index (χ0n) is 14.5. The minimum Gasteiger partial charge on any atom is -0.371 e. The first kappa shape index (κ1) is 16.1. The summed E-state index contributed by atoms with van der Waals surface area (Å²) < 4.78 is 0. The molecule has 2 aliphatic heterocycles. The molecule has 0 saturated carbocycles. The standard InChI is InChI=1S/C20H24N4O/c25-19-5-9-20(16-24(19)14-17-4-1-2-10-22-17)8-3-13-23(15-20)18-6-11-21-12-7-18/h1-2,4,6-7,10-12H,3,5,8-9,13-16H2. The van der Waals surface area contributed by atoms with Crippen LogP contribution >= 0.6 is 0 Å². The third kappa shape index (κ3) is 3.50. The maximum atomic E-state index is 12.5. The van der Waals surface area contributed by atoms with E-state index in [1.165, 1.54) is 18.5 Å². The second kappa shape index (κ2) is 6.82. The summed E-state index contributed by atoms with van der Waals surface area (Å²) in [6, 6.07) is 10.1. The fraction of sp³-hybridized carbons (Fsp3) is 0.450. The van der Waals surface area contributed by atoms with Crippen LogP contribution in [-0.2, 0) is 11.3 Å². The van der Waals surface area contributed by atoms with Crippen molar-refractivity contribution in [1.82, 2.24) is 14.9 Å². The average Bonchev–Trinajstić information content (AvgIpc) is 2.67. The van der Waals surface area contributed by atoms with Crippen LogP contribution in [0, 0.1) is 5.41 Å². The summed E-state index contributed by atoms with van der Waals surface area (Å²) in [6.45, 7) is 3.56. The monoisotopic (exact) mass is 336 g/mol. The van der Waals surface area contributed by atoms with E-state index < -0.39 is 0 Å². The lowest BCUT2D eigenvalue weighted by Gasteiger charge is -2.48. The van der Waals surface area contributed by atoms with Crippen molar-refractivity contribution in [2.75, 3.05) is 24.5 Å². The first-order valence-corrected chi connectivity index (χ1v) is 9.07. The Morgan fingerprint density at radius 1 is 1.04 bits per heavy atom. The second-order valence-electron chi connectivity index (χ2n) is 7.30. The largest absolute Gasteiger partial charge is 0.371 e. The zero-order valence-corrected chi connectivity index (χ0v) is 14.5. The molecule has 1 unspecified atom stereocenters. The van der Waals surface area contributed by atoms with E-state index in [1.807, 2.05) is 35.5 Å². The van der Waals surface area contributed by atoms with Crippen molar-refractivity contribution in [3.63, 3.8) is 0 Å². The molecule has 0 radical (unpaired) electrons. The van der Waals surface area contributed by atoms with Crippen molar-refractivity contribution in [3.05, 3.63) is 54.6 Å². The summed E-state index contributed by atoms with van der Waals surface area (Å²) in [4.78, 5) is 25.4. The van der Waals surface area contributed by atoms with Crippen LogP contribution in [0.5, 0.6) is 0 Å². The van der Waals surface area contributed by atoms with Crippen molar-refractivity contribution >= 4 is 11.6 Å². The number of nitrogens with zero attached hydrogens (tertiary/aromatic N) is 4. The van der Waals surface area contributed by atoms with Gasteiger partial charge in [0, 0.05) is 55.7 Å². The van der Waals surface area contributed by atoms with Gasteiger partial charge in [0.05, 0.1) is 12.2 Å². The van der Waals surface area contributed by atoms with Crippen LogP contribution in [0.3, 0.4) is 0 Å². The summed E-state index contributed by atoms with van der Waals surface area (Å²) in [5.74, 6) is 0.261. The van der Waals surface area contributed by atoms with E-state index in [-0.39, 0.29) is 11.3 Å². The first-order chi connectivity index (χ1) is 12.2. The van der Waals surface area contributed by atoms with Gasteiger partial charge in [0.25, 0.3) is 0 Å². The van der Waals surface area contributed by atoms with Crippen molar-refractivity contribution in [1.29, 1.82) is 0 Å². The van der Waals surface area contributed by atoms with Crippen molar-refractivity contribution < 1.29 is 4.79 Å². The average molecular weight is 336 g/mol. The van der Waals surface area contributed by atoms with E-state index in [0.717, 1.165) is 31.7 Å². The summed E-state index contributed by atoms with van der Waals surface area (Å²) in [5.41, 5.74) is 2.40. The van der Waals surface area contributed by atoms with Gasteiger partial charge in [0.15, 0.2) is 0 Å². The molecule has 1 spiro atoms. The lowest BCUT2D eigenvalue weighted by atomic mass is 9.73. The normalized spacial score (nSPS) is 23.9. The highest BCUT2D eigenvalue weighted by Crippen LogP contribution is 2.40. The lowest BCUT2D eigenvalue weighted by molar-refractivity contribution is -0.138. The van der Waals surface area contributed by atoms with Crippen LogP contribution in [-0.4, -0.2) is 40.4 Å². The summed E-state index contributed by atoms with van der Waals surface area (Å²) in [7, 11) is 0. The second-order valence-corrected chi connectivity index (χ2v) is 7.30. The number of hydrogen-bond donors (Lipinski definition) is 0. The number of carbonyl (C=O) groups excluding carboxylic acids is 1. The first-order valence-electron chi connectivity index (χ1n) is 9.07. The Hall–Kier alpha value is -2.43. The molecule has 5 heteroatoms. The Bertz CT molecular complexity index is 721. The molecule has 2 aromatic heterocycles. The third-order valence-corrected chi connectivity index (χ3v) is 5.52. The molecule has 0 aromatic carbocycles. The van der Waals surface area contributed by atoms with Gasteiger partial charge in [-0.1, -0.05) is 6.07 Å². The van der Waals surface area contributed by atoms with Crippen LogP contribution in [0.15, 0.2) is 48.9 Å². The number of carbonyl (C=O) groups is 1. The molecule has 25 heavy (non-hydrogen) atoms. The summed E-state index contributed by atoms with van der Waals surface area (Å²) in [5, 5.41) is 0. The Kier molecular flexibility index (Phi) is 4.38. The lowest BCUT2D eigenvalue weighted by Crippen LogP contribution is -2.53. The number of amides is 1. The highest BCUT2D eigenvalue weighted by molar-refractivity contribution is 5.77. The molecule has 2 aliphatic rings. The van der Waals surface area contributed by atoms with Crippen LogP contribution in [0.4, 0.5) is 5.69 Å². The molecular weight excluding hydrogens is 312 g/mol. The van der Waals surface area contributed by atoms with E-state index in [9.17, 15) is 4.79 Å². The number of aromatic nitrogens is 2. The van der Waals surface area contributed by atoms with Gasteiger partial charge in [-0.25, -0.2) is 0 Å². The molecule has 0 bridgehead atoms. The van der Waals surface area contributed by atoms with Gasteiger partial charge in [-0.15, -0.1) is 0 Å². The van der Waals surface area contributed by atoms with Gasteiger partial charge >= 0.3 is 0 Å². The molecule has 1 amide bonds. The fourth-order valence-electron chi connectivity index (χ4n) is 4.25. The molecule has 4 heterocycles. The van der Waals surface area contributed by atoms with E-state index in [0.29, 0.717) is 13.0 Å². The molecule has 0 aliphatic carbocycles. The maximum absolute atomic E-state index is 12.5.